The molecule has 6 nitrogen and oxygen atoms in total. The van der Waals surface area contributed by atoms with Crippen LogP contribution in [0, 0.1) is 32.1 Å². The van der Waals surface area contributed by atoms with E-state index in [0.29, 0.717) is 16.7 Å². The molecule has 2 aliphatic rings. The van der Waals surface area contributed by atoms with Gasteiger partial charge in [0.05, 0.1) is 20.8 Å². The molecule has 0 N–H and O–H groups in total. The maximum atomic E-state index is 11.2. The van der Waals surface area contributed by atoms with Gasteiger partial charge in [0.25, 0.3) is 11.4 Å². The molecule has 0 amide bonds. The molecule has 4 unspecified atom stereocenters. The molecule has 0 aliphatic heterocycles. The van der Waals surface area contributed by atoms with Crippen LogP contribution < -0.4 is 0 Å². The van der Waals surface area contributed by atoms with Gasteiger partial charge in [0.1, 0.15) is 0 Å². The van der Waals surface area contributed by atoms with Crippen molar-refractivity contribution in [3.63, 3.8) is 0 Å². The van der Waals surface area contributed by atoms with Crippen LogP contribution in [0.25, 0.3) is 0 Å². The Balaban J connectivity index is 1.90. The molecule has 0 saturated heterocycles. The first-order chi connectivity index (χ1) is 9.97. The minimum atomic E-state index is -0.616. The Morgan fingerprint density at radius 2 is 1.86 bits per heavy atom. The zero-order valence-electron chi connectivity index (χ0n) is 10.7. The predicted octanol–water partition coefficient (Wildman–Crippen LogP) is 3.93. The smallest absolute Gasteiger partial charge is 0.258 e. The average molecular weight is 371 g/mol. The molecule has 1 aromatic carbocycles. The van der Waals surface area contributed by atoms with Gasteiger partial charge in [-0.2, -0.15) is 0 Å². The standard InChI is InChI=1S/C13H11BrN2O4S/c14-12-7-1-2-8(5-7)13(12)21-11-4-3-9(15(17)18)6-10(11)16(19)20/h1-4,6-8,12-13H,5H2. The number of fused-ring (bicyclic) bond motifs is 2. The van der Waals surface area contributed by atoms with Gasteiger partial charge in [-0.05, 0) is 24.3 Å². The molecule has 0 radical (unpaired) electrons. The Kier molecular flexibility index (Phi) is 3.75. The van der Waals surface area contributed by atoms with E-state index in [-0.39, 0.29) is 21.5 Å². The van der Waals surface area contributed by atoms with Crippen molar-refractivity contribution in [2.24, 2.45) is 11.8 Å². The second kappa shape index (κ2) is 5.42. The third-order valence-electron chi connectivity index (χ3n) is 3.91. The summed E-state index contributed by atoms with van der Waals surface area (Å²) in [7, 11) is 0. The average Bonchev–Trinajstić information content (AvgIpc) is 3.02. The monoisotopic (exact) mass is 370 g/mol. The second-order valence-electron chi connectivity index (χ2n) is 5.14. The van der Waals surface area contributed by atoms with E-state index in [1.807, 2.05) is 0 Å². The van der Waals surface area contributed by atoms with Gasteiger partial charge in [-0.15, -0.1) is 11.8 Å². The van der Waals surface area contributed by atoms with Crippen molar-refractivity contribution >= 4 is 39.1 Å². The SMILES string of the molecule is O=[N+]([O-])c1ccc(SC2C3C=CC(C3)C2Br)c([N+](=O)[O-])c1. The number of non-ortho nitro benzene ring substituents is 1. The van der Waals surface area contributed by atoms with Crippen molar-refractivity contribution < 1.29 is 9.85 Å². The molecule has 4 atom stereocenters. The van der Waals surface area contributed by atoms with E-state index in [2.05, 4.69) is 28.1 Å². The molecule has 2 aliphatic carbocycles. The largest absolute Gasteiger partial charge is 0.289 e. The molecule has 8 heteroatoms. The van der Waals surface area contributed by atoms with Crippen molar-refractivity contribution in [3.05, 3.63) is 50.6 Å². The molecule has 3 rings (SSSR count). The maximum absolute atomic E-state index is 11.2. The van der Waals surface area contributed by atoms with Crippen LogP contribution >= 0.6 is 27.7 Å². The highest BCUT2D eigenvalue weighted by molar-refractivity contribution is 9.09. The zero-order valence-corrected chi connectivity index (χ0v) is 13.1. The zero-order chi connectivity index (χ0) is 15.1. The van der Waals surface area contributed by atoms with Crippen molar-refractivity contribution in [1.29, 1.82) is 0 Å². The summed E-state index contributed by atoms with van der Waals surface area (Å²) in [4.78, 5) is 21.5. The minimum Gasteiger partial charge on any atom is -0.258 e. The molecule has 21 heavy (non-hydrogen) atoms. The number of thioether (sulfide) groups is 1. The Morgan fingerprint density at radius 3 is 2.43 bits per heavy atom. The van der Waals surface area contributed by atoms with Gasteiger partial charge < -0.3 is 0 Å². The highest BCUT2D eigenvalue weighted by atomic mass is 79.9. The van der Waals surface area contributed by atoms with E-state index >= 15 is 0 Å². The molecule has 1 aromatic rings. The highest BCUT2D eigenvalue weighted by Gasteiger charge is 2.44. The number of hydrogen-bond acceptors (Lipinski definition) is 5. The number of allylic oxidation sites excluding steroid dienone is 2. The summed E-state index contributed by atoms with van der Waals surface area (Å²) in [5, 5.41) is 22.1. The topological polar surface area (TPSA) is 86.3 Å². The van der Waals surface area contributed by atoms with E-state index in [1.165, 1.54) is 23.9 Å². The number of hydrogen-bond donors (Lipinski definition) is 0. The van der Waals surface area contributed by atoms with Crippen LogP contribution in [0.5, 0.6) is 0 Å². The Hall–Kier alpha value is -1.41. The lowest BCUT2D eigenvalue weighted by atomic mass is 10.1. The first kappa shape index (κ1) is 14.5. The first-order valence-electron chi connectivity index (χ1n) is 6.39. The molecule has 0 aromatic heterocycles. The van der Waals surface area contributed by atoms with Crippen LogP contribution in [-0.2, 0) is 0 Å². The number of nitro groups is 2. The van der Waals surface area contributed by atoms with Gasteiger partial charge in [0.2, 0.25) is 0 Å². The van der Waals surface area contributed by atoms with E-state index in [0.717, 1.165) is 12.5 Å². The van der Waals surface area contributed by atoms with Crippen molar-refractivity contribution in [2.45, 2.75) is 21.4 Å². The molecule has 0 spiro atoms. The van der Waals surface area contributed by atoms with Gasteiger partial charge >= 0.3 is 0 Å². The van der Waals surface area contributed by atoms with E-state index in [9.17, 15) is 20.2 Å². The summed E-state index contributed by atoms with van der Waals surface area (Å²) in [6.07, 6.45) is 5.41. The molecule has 0 heterocycles. The lowest BCUT2D eigenvalue weighted by molar-refractivity contribution is -0.396. The Labute approximate surface area is 133 Å². The fraction of sp³-hybridized carbons (Fsp3) is 0.385. The molecule has 1 fully saturated rings. The molecule has 1 saturated carbocycles. The lowest BCUT2D eigenvalue weighted by Crippen LogP contribution is -2.21. The van der Waals surface area contributed by atoms with Gasteiger partial charge in [-0.1, -0.05) is 28.1 Å². The molecule has 110 valence electrons. The van der Waals surface area contributed by atoms with Crippen LogP contribution in [0.1, 0.15) is 6.42 Å². The fourth-order valence-electron chi connectivity index (χ4n) is 2.88. The Morgan fingerprint density at radius 1 is 1.14 bits per heavy atom. The third-order valence-corrected chi connectivity index (χ3v) is 7.02. The van der Waals surface area contributed by atoms with Crippen LogP contribution in [0.15, 0.2) is 35.2 Å². The third kappa shape index (κ3) is 2.57. The summed E-state index contributed by atoms with van der Waals surface area (Å²) >= 11 is 5.10. The number of halogens is 1. The quantitative estimate of drug-likeness (QED) is 0.346. The number of nitro benzene ring substituents is 2. The molecular weight excluding hydrogens is 360 g/mol. The van der Waals surface area contributed by atoms with Crippen LogP contribution in [0.3, 0.4) is 0 Å². The summed E-state index contributed by atoms with van der Waals surface area (Å²) in [5.41, 5.74) is -0.449. The number of alkyl halides is 1. The fourth-order valence-corrected chi connectivity index (χ4v) is 5.39. The van der Waals surface area contributed by atoms with Gasteiger partial charge in [0, 0.05) is 16.1 Å². The lowest BCUT2D eigenvalue weighted by Gasteiger charge is -2.22. The summed E-state index contributed by atoms with van der Waals surface area (Å²) < 4.78 is 0. The maximum Gasteiger partial charge on any atom is 0.289 e. The van der Waals surface area contributed by atoms with Gasteiger partial charge in [-0.3, -0.25) is 20.2 Å². The van der Waals surface area contributed by atoms with Crippen molar-refractivity contribution in [2.75, 3.05) is 0 Å². The molecule has 2 bridgehead atoms. The number of nitrogens with zero attached hydrogens (tertiary/aromatic N) is 2. The van der Waals surface area contributed by atoms with Crippen LogP contribution in [-0.4, -0.2) is 19.9 Å². The summed E-state index contributed by atoms with van der Waals surface area (Å²) in [6.45, 7) is 0. The summed E-state index contributed by atoms with van der Waals surface area (Å²) in [5.74, 6) is 0.878. The van der Waals surface area contributed by atoms with Crippen molar-refractivity contribution in [1.82, 2.24) is 0 Å². The predicted molar refractivity (Wildman–Crippen MR) is 82.8 cm³/mol. The van der Waals surface area contributed by atoms with Crippen LogP contribution in [0.2, 0.25) is 0 Å². The normalized spacial score (nSPS) is 29.8. The van der Waals surface area contributed by atoms with E-state index in [1.54, 1.807) is 0 Å². The molecular formula is C13H11BrN2O4S. The van der Waals surface area contributed by atoms with E-state index < -0.39 is 9.85 Å². The summed E-state index contributed by atoms with van der Waals surface area (Å²) in [6, 6.07) is 3.84. The van der Waals surface area contributed by atoms with Gasteiger partial charge in [-0.25, -0.2) is 0 Å². The number of benzene rings is 1. The Bertz CT molecular complexity index is 651. The highest BCUT2D eigenvalue weighted by Crippen LogP contribution is 2.51. The minimum absolute atomic E-state index is 0.194. The second-order valence-corrected chi connectivity index (χ2v) is 7.42. The first-order valence-corrected chi connectivity index (χ1v) is 8.19. The van der Waals surface area contributed by atoms with Crippen LogP contribution in [0.4, 0.5) is 11.4 Å². The van der Waals surface area contributed by atoms with Gasteiger partial charge in [0.15, 0.2) is 0 Å². The number of rotatable bonds is 4. The van der Waals surface area contributed by atoms with E-state index in [4.69, 9.17) is 0 Å². The van der Waals surface area contributed by atoms with Crippen molar-refractivity contribution in [3.8, 4) is 0 Å².